The molecule has 1 unspecified atom stereocenters. The van der Waals surface area contributed by atoms with Crippen LogP contribution in [0.25, 0.3) is 0 Å². The van der Waals surface area contributed by atoms with Crippen molar-refractivity contribution in [3.63, 3.8) is 0 Å². The molecule has 1 atom stereocenters. The predicted octanol–water partition coefficient (Wildman–Crippen LogP) is 2.35. The van der Waals surface area contributed by atoms with Crippen LogP contribution in [0.5, 0.6) is 0 Å². The van der Waals surface area contributed by atoms with Crippen LogP contribution >= 0.6 is 0 Å². The molecule has 0 aliphatic heterocycles. The number of amides is 1. The van der Waals surface area contributed by atoms with Crippen molar-refractivity contribution >= 4 is 11.6 Å². The number of hydrazine groups is 1. The molecule has 1 aromatic carbocycles. The second-order valence-corrected chi connectivity index (χ2v) is 4.37. The molecule has 0 saturated carbocycles. The average molecular weight is 275 g/mol. The zero-order valence-electron chi connectivity index (χ0n) is 10.6. The van der Waals surface area contributed by atoms with Gasteiger partial charge in [-0.2, -0.15) is 13.2 Å². The number of rotatable bonds is 4. The number of carbonyl (C=O) groups is 1. The van der Waals surface area contributed by atoms with Crippen LogP contribution in [0.4, 0.5) is 18.9 Å². The largest absolute Gasteiger partial charge is 0.391 e. The Morgan fingerprint density at radius 1 is 1.42 bits per heavy atom. The summed E-state index contributed by atoms with van der Waals surface area (Å²) in [5.74, 6) is 4.69. The van der Waals surface area contributed by atoms with Gasteiger partial charge in [0.15, 0.2) is 0 Å². The molecular weight excluding hydrogens is 259 g/mol. The van der Waals surface area contributed by atoms with Gasteiger partial charge < -0.3 is 10.7 Å². The fraction of sp³-hybridized carbons (Fsp3) is 0.417. The quantitative estimate of drug-likeness (QED) is 0.583. The van der Waals surface area contributed by atoms with E-state index < -0.39 is 24.5 Å². The van der Waals surface area contributed by atoms with Crippen molar-refractivity contribution in [3.8, 4) is 0 Å². The van der Waals surface area contributed by atoms with Crippen LogP contribution < -0.4 is 16.6 Å². The highest BCUT2D eigenvalue weighted by atomic mass is 19.4. The first-order valence-electron chi connectivity index (χ1n) is 5.68. The molecule has 0 bridgehead atoms. The van der Waals surface area contributed by atoms with E-state index in [-0.39, 0.29) is 0 Å². The van der Waals surface area contributed by atoms with Gasteiger partial charge in [-0.1, -0.05) is 0 Å². The van der Waals surface area contributed by atoms with Crippen LogP contribution in [0.1, 0.15) is 29.3 Å². The summed E-state index contributed by atoms with van der Waals surface area (Å²) in [6, 6.07) is 3.76. The third kappa shape index (κ3) is 4.78. The van der Waals surface area contributed by atoms with Crippen molar-refractivity contribution in [1.82, 2.24) is 5.32 Å². The Balaban J connectivity index is 2.73. The summed E-state index contributed by atoms with van der Waals surface area (Å²) in [7, 11) is 0. The van der Waals surface area contributed by atoms with E-state index in [1.54, 1.807) is 19.1 Å². The Kier molecular flexibility index (Phi) is 4.77. The van der Waals surface area contributed by atoms with E-state index in [9.17, 15) is 18.0 Å². The standard InChI is InChI=1S/C12H16F3N3O/c1-7-5-9(18-16)3-4-10(7)11(19)17-8(2)6-12(13,14)15/h3-5,8,18H,6,16H2,1-2H3,(H,17,19). The monoisotopic (exact) mass is 275 g/mol. The second-order valence-electron chi connectivity index (χ2n) is 4.37. The number of benzene rings is 1. The highest BCUT2D eigenvalue weighted by Crippen LogP contribution is 2.21. The van der Waals surface area contributed by atoms with E-state index in [0.29, 0.717) is 16.8 Å². The van der Waals surface area contributed by atoms with Gasteiger partial charge in [0.05, 0.1) is 6.42 Å². The molecule has 1 aromatic rings. The molecule has 19 heavy (non-hydrogen) atoms. The van der Waals surface area contributed by atoms with E-state index in [2.05, 4.69) is 10.7 Å². The van der Waals surface area contributed by atoms with Crippen LogP contribution in [0, 0.1) is 6.92 Å². The number of aryl methyl sites for hydroxylation is 1. The molecule has 7 heteroatoms. The summed E-state index contributed by atoms with van der Waals surface area (Å²) in [5, 5.41) is 2.32. The number of nitrogen functional groups attached to an aromatic ring is 1. The molecule has 1 amide bonds. The van der Waals surface area contributed by atoms with E-state index >= 15 is 0 Å². The number of nitrogens with one attached hydrogen (secondary N) is 2. The maximum Gasteiger partial charge on any atom is 0.391 e. The van der Waals surface area contributed by atoms with Gasteiger partial charge in [-0.3, -0.25) is 10.6 Å². The number of halogens is 3. The molecule has 4 N–H and O–H groups in total. The zero-order valence-corrected chi connectivity index (χ0v) is 10.6. The molecular formula is C12H16F3N3O. The Labute approximate surface area is 109 Å². The molecule has 0 fully saturated rings. The van der Waals surface area contributed by atoms with Gasteiger partial charge >= 0.3 is 6.18 Å². The van der Waals surface area contributed by atoms with Crippen molar-refractivity contribution in [1.29, 1.82) is 0 Å². The molecule has 106 valence electrons. The lowest BCUT2D eigenvalue weighted by atomic mass is 10.1. The summed E-state index contributed by atoms with van der Waals surface area (Å²) < 4.78 is 36.5. The van der Waals surface area contributed by atoms with Crippen molar-refractivity contribution < 1.29 is 18.0 Å². The van der Waals surface area contributed by atoms with E-state index in [1.807, 2.05) is 0 Å². The minimum atomic E-state index is -4.30. The Hall–Kier alpha value is -1.76. The lowest BCUT2D eigenvalue weighted by Gasteiger charge is -2.16. The zero-order chi connectivity index (χ0) is 14.6. The second kappa shape index (κ2) is 5.92. The number of alkyl halides is 3. The first-order valence-corrected chi connectivity index (χ1v) is 5.68. The Bertz CT molecular complexity index is 460. The highest BCUT2D eigenvalue weighted by Gasteiger charge is 2.30. The van der Waals surface area contributed by atoms with Crippen LogP contribution in [0.3, 0.4) is 0 Å². The van der Waals surface area contributed by atoms with E-state index in [0.717, 1.165) is 0 Å². The van der Waals surface area contributed by atoms with E-state index in [1.165, 1.54) is 13.0 Å². The van der Waals surface area contributed by atoms with Crippen molar-refractivity contribution in [2.45, 2.75) is 32.5 Å². The first-order chi connectivity index (χ1) is 8.73. The number of hydrogen-bond donors (Lipinski definition) is 3. The fourth-order valence-electron chi connectivity index (χ4n) is 1.71. The van der Waals surface area contributed by atoms with Crippen molar-refractivity contribution in [3.05, 3.63) is 29.3 Å². The fourth-order valence-corrected chi connectivity index (χ4v) is 1.71. The predicted molar refractivity (Wildman–Crippen MR) is 66.6 cm³/mol. The average Bonchev–Trinajstić information content (AvgIpc) is 2.25. The van der Waals surface area contributed by atoms with Gasteiger partial charge in [-0.15, -0.1) is 0 Å². The minimum absolute atomic E-state index is 0.327. The lowest BCUT2D eigenvalue weighted by molar-refractivity contribution is -0.138. The molecule has 0 aromatic heterocycles. The molecule has 4 nitrogen and oxygen atoms in total. The normalized spacial score (nSPS) is 12.9. The molecule has 0 spiro atoms. The van der Waals surface area contributed by atoms with Gasteiger partial charge in [-0.05, 0) is 37.6 Å². The van der Waals surface area contributed by atoms with Gasteiger partial charge in [0.2, 0.25) is 0 Å². The van der Waals surface area contributed by atoms with Crippen LogP contribution in [0.15, 0.2) is 18.2 Å². The van der Waals surface area contributed by atoms with Gasteiger partial charge in [0, 0.05) is 17.3 Å². The maximum atomic E-state index is 12.2. The van der Waals surface area contributed by atoms with Gasteiger partial charge in [0.1, 0.15) is 0 Å². The third-order valence-corrected chi connectivity index (χ3v) is 2.55. The molecule has 0 saturated heterocycles. The number of nitrogens with two attached hydrogens (primary N) is 1. The first kappa shape index (κ1) is 15.3. The summed E-state index contributed by atoms with van der Waals surface area (Å²) in [5.41, 5.74) is 4.01. The Morgan fingerprint density at radius 2 is 2.05 bits per heavy atom. The molecule has 0 radical (unpaired) electrons. The third-order valence-electron chi connectivity index (χ3n) is 2.55. The molecule has 1 rings (SSSR count). The maximum absolute atomic E-state index is 12.2. The summed E-state index contributed by atoms with van der Waals surface area (Å²) in [6.45, 7) is 3.00. The number of hydrogen-bond acceptors (Lipinski definition) is 3. The molecule has 0 heterocycles. The minimum Gasteiger partial charge on any atom is -0.349 e. The number of anilines is 1. The smallest absolute Gasteiger partial charge is 0.349 e. The van der Waals surface area contributed by atoms with Gasteiger partial charge in [0.25, 0.3) is 5.91 Å². The number of carbonyl (C=O) groups excluding carboxylic acids is 1. The summed E-state index contributed by atoms with van der Waals surface area (Å²) in [6.07, 6.45) is -5.35. The summed E-state index contributed by atoms with van der Waals surface area (Å²) >= 11 is 0. The topological polar surface area (TPSA) is 67.1 Å². The SMILES string of the molecule is Cc1cc(NN)ccc1C(=O)NC(C)CC(F)(F)F. The lowest BCUT2D eigenvalue weighted by Crippen LogP contribution is -2.36. The van der Waals surface area contributed by atoms with E-state index in [4.69, 9.17) is 5.84 Å². The highest BCUT2D eigenvalue weighted by molar-refractivity contribution is 5.96. The summed E-state index contributed by atoms with van der Waals surface area (Å²) in [4.78, 5) is 11.8. The van der Waals surface area contributed by atoms with Crippen LogP contribution in [-0.4, -0.2) is 18.1 Å². The molecule has 0 aliphatic carbocycles. The van der Waals surface area contributed by atoms with Gasteiger partial charge in [-0.25, -0.2) is 0 Å². The Morgan fingerprint density at radius 3 is 2.53 bits per heavy atom. The van der Waals surface area contributed by atoms with Crippen LogP contribution in [0.2, 0.25) is 0 Å². The van der Waals surface area contributed by atoms with Crippen LogP contribution in [-0.2, 0) is 0 Å². The molecule has 0 aliphatic rings. The van der Waals surface area contributed by atoms with Crippen molar-refractivity contribution in [2.75, 3.05) is 5.43 Å². The van der Waals surface area contributed by atoms with Crippen molar-refractivity contribution in [2.24, 2.45) is 5.84 Å².